The van der Waals surface area contributed by atoms with Gasteiger partial charge >= 0.3 is 5.97 Å². The van der Waals surface area contributed by atoms with Crippen LogP contribution in [0.1, 0.15) is 64.3 Å². The maximum absolute atomic E-state index is 12.4. The van der Waals surface area contributed by atoms with E-state index in [0.29, 0.717) is 35.1 Å². The van der Waals surface area contributed by atoms with Gasteiger partial charge in [0.15, 0.2) is 6.29 Å². The zero-order valence-electron chi connectivity index (χ0n) is 25.0. The maximum Gasteiger partial charge on any atom is 0.343 e. The van der Waals surface area contributed by atoms with Crippen molar-refractivity contribution in [2.75, 3.05) is 19.9 Å². The normalized spacial score (nSPS) is 10.9. The van der Waals surface area contributed by atoms with Gasteiger partial charge in [0, 0.05) is 40.6 Å². The highest BCUT2D eigenvalue weighted by Gasteiger charge is 2.22. The standard InChI is InChI=1S/C23H19NO5.C10H7NO2.C2H6S/c1-24-22(26)21-12-7-17(13-18(21)14-25)23(27)29-20-10-5-16(6-11-20)15-3-8-19(28-2)9-4-15;1-6-8-3-2-7(5-12)4-9(8)10(13)11-6;1-2-3/h3-14H,1-2H3,(H,24,26);2-5H,1H2,(H,11,13);3H,2H2,1H3. The van der Waals surface area contributed by atoms with Crippen LogP contribution in [0.3, 0.4) is 0 Å². The van der Waals surface area contributed by atoms with Gasteiger partial charge in [0.2, 0.25) is 0 Å². The van der Waals surface area contributed by atoms with Gasteiger partial charge in [0.1, 0.15) is 17.8 Å². The smallest absolute Gasteiger partial charge is 0.343 e. The van der Waals surface area contributed by atoms with Crippen molar-refractivity contribution in [3.05, 3.63) is 125 Å². The molecule has 0 aliphatic carbocycles. The Morgan fingerprint density at radius 2 is 1.47 bits per heavy atom. The number of esters is 1. The molecule has 9 nitrogen and oxygen atoms in total. The Kier molecular flexibility index (Phi) is 12.4. The van der Waals surface area contributed by atoms with Gasteiger partial charge in [-0.25, -0.2) is 4.79 Å². The summed E-state index contributed by atoms with van der Waals surface area (Å²) in [6.45, 7) is 5.67. The molecule has 4 aromatic rings. The summed E-state index contributed by atoms with van der Waals surface area (Å²) in [5.74, 6) is 0.880. The number of methoxy groups -OCH3 is 1. The Labute approximate surface area is 266 Å². The highest BCUT2D eigenvalue weighted by Crippen LogP contribution is 2.25. The number of rotatable bonds is 7. The van der Waals surface area contributed by atoms with Crippen LogP contribution in [0.25, 0.3) is 16.8 Å². The Hall–Kier alpha value is -5.48. The molecule has 45 heavy (non-hydrogen) atoms. The summed E-state index contributed by atoms with van der Waals surface area (Å²) in [6, 6.07) is 23.9. The fourth-order valence-corrected chi connectivity index (χ4v) is 4.15. The third-order valence-electron chi connectivity index (χ3n) is 6.39. The molecule has 10 heteroatoms. The number of hydrogen-bond donors (Lipinski definition) is 3. The molecule has 0 atom stereocenters. The van der Waals surface area contributed by atoms with Gasteiger partial charge in [0.05, 0.1) is 12.7 Å². The first kappa shape index (κ1) is 34.0. The summed E-state index contributed by atoms with van der Waals surface area (Å²) in [7, 11) is 3.08. The second-order valence-electron chi connectivity index (χ2n) is 9.31. The second-order valence-corrected chi connectivity index (χ2v) is 9.95. The molecule has 0 unspecified atom stereocenters. The highest BCUT2D eigenvalue weighted by atomic mass is 32.1. The fraction of sp³-hybridized carbons (Fsp3) is 0.114. The van der Waals surface area contributed by atoms with E-state index in [1.54, 1.807) is 37.4 Å². The zero-order chi connectivity index (χ0) is 32.9. The monoisotopic (exact) mass is 624 g/mol. The first-order valence-electron chi connectivity index (χ1n) is 13.7. The lowest BCUT2D eigenvalue weighted by molar-refractivity contribution is 0.0733. The van der Waals surface area contributed by atoms with Gasteiger partial charge < -0.3 is 20.1 Å². The quantitative estimate of drug-likeness (QED) is 0.101. The van der Waals surface area contributed by atoms with Crippen LogP contribution >= 0.6 is 12.6 Å². The Bertz CT molecular complexity index is 1720. The van der Waals surface area contributed by atoms with Crippen molar-refractivity contribution < 1.29 is 33.4 Å². The first-order chi connectivity index (χ1) is 21.7. The summed E-state index contributed by atoms with van der Waals surface area (Å²) >= 11 is 3.79. The molecule has 0 saturated carbocycles. The molecular formula is C35H32N2O7S. The number of hydrogen-bond acceptors (Lipinski definition) is 8. The van der Waals surface area contributed by atoms with E-state index in [2.05, 4.69) is 29.8 Å². The van der Waals surface area contributed by atoms with E-state index in [1.807, 2.05) is 43.3 Å². The number of thiol groups is 1. The highest BCUT2D eigenvalue weighted by molar-refractivity contribution is 7.80. The van der Waals surface area contributed by atoms with Gasteiger partial charge in [-0.05, 0) is 65.4 Å². The summed E-state index contributed by atoms with van der Waals surface area (Å²) in [6.07, 6.45) is 1.25. The van der Waals surface area contributed by atoms with Crippen LogP contribution in [-0.4, -0.2) is 50.3 Å². The average Bonchev–Trinajstić information content (AvgIpc) is 3.36. The van der Waals surface area contributed by atoms with E-state index in [0.717, 1.165) is 28.2 Å². The largest absolute Gasteiger partial charge is 0.497 e. The van der Waals surface area contributed by atoms with Crippen molar-refractivity contribution >= 4 is 48.7 Å². The Balaban J connectivity index is 0.000000285. The molecule has 2 N–H and O–H groups in total. The molecule has 0 aromatic heterocycles. The van der Waals surface area contributed by atoms with Crippen LogP contribution in [0.5, 0.6) is 11.5 Å². The van der Waals surface area contributed by atoms with Gasteiger partial charge in [-0.1, -0.05) is 49.9 Å². The lowest BCUT2D eigenvalue weighted by atomic mass is 10.0. The molecule has 0 fully saturated rings. The lowest BCUT2D eigenvalue weighted by Crippen LogP contribution is -2.20. The minimum absolute atomic E-state index is 0.119. The molecule has 5 rings (SSSR count). The predicted molar refractivity (Wildman–Crippen MR) is 176 cm³/mol. The van der Waals surface area contributed by atoms with Crippen LogP contribution in [-0.2, 0) is 0 Å². The van der Waals surface area contributed by atoms with Crippen molar-refractivity contribution in [3.8, 4) is 22.6 Å². The van der Waals surface area contributed by atoms with E-state index < -0.39 is 11.9 Å². The van der Waals surface area contributed by atoms with Crippen LogP contribution in [0.4, 0.5) is 0 Å². The molecule has 230 valence electrons. The van der Waals surface area contributed by atoms with Crippen molar-refractivity contribution in [1.29, 1.82) is 0 Å². The van der Waals surface area contributed by atoms with Crippen molar-refractivity contribution in [3.63, 3.8) is 0 Å². The van der Waals surface area contributed by atoms with Gasteiger partial charge in [-0.2, -0.15) is 12.6 Å². The van der Waals surface area contributed by atoms with Crippen molar-refractivity contribution in [1.82, 2.24) is 10.6 Å². The molecule has 1 aliphatic rings. The van der Waals surface area contributed by atoms with Gasteiger partial charge in [-0.15, -0.1) is 0 Å². The molecule has 4 aromatic carbocycles. The molecule has 0 radical (unpaired) electrons. The third kappa shape index (κ3) is 8.77. The number of amides is 2. The average molecular weight is 625 g/mol. The number of carbonyl (C=O) groups is 5. The van der Waals surface area contributed by atoms with Crippen LogP contribution in [0.15, 0.2) is 91.5 Å². The van der Waals surface area contributed by atoms with Crippen LogP contribution < -0.4 is 20.1 Å². The number of aldehydes is 2. The van der Waals surface area contributed by atoms with E-state index in [1.165, 1.54) is 25.2 Å². The zero-order valence-corrected chi connectivity index (χ0v) is 25.9. The van der Waals surface area contributed by atoms with Crippen LogP contribution in [0, 0.1) is 0 Å². The minimum Gasteiger partial charge on any atom is -0.497 e. The second kappa shape index (κ2) is 16.4. The summed E-state index contributed by atoms with van der Waals surface area (Å²) in [5, 5.41) is 5.03. The molecule has 0 spiro atoms. The lowest BCUT2D eigenvalue weighted by Gasteiger charge is -2.08. The van der Waals surface area contributed by atoms with Gasteiger partial charge in [-0.3, -0.25) is 19.2 Å². The third-order valence-corrected chi connectivity index (χ3v) is 6.39. The number of ether oxygens (including phenoxy) is 2. The maximum atomic E-state index is 12.4. The molecule has 1 heterocycles. The summed E-state index contributed by atoms with van der Waals surface area (Å²) in [5.41, 5.74) is 4.86. The molecule has 0 bridgehead atoms. The Morgan fingerprint density at radius 1 is 0.867 bits per heavy atom. The van der Waals surface area contributed by atoms with E-state index >= 15 is 0 Å². The fourth-order valence-electron chi connectivity index (χ4n) is 4.15. The Morgan fingerprint density at radius 3 is 2.00 bits per heavy atom. The summed E-state index contributed by atoms with van der Waals surface area (Å²) in [4.78, 5) is 57.1. The molecule has 0 saturated heterocycles. The number of benzene rings is 4. The number of fused-ring (bicyclic) bond motifs is 1. The topological polar surface area (TPSA) is 128 Å². The molecule has 1 aliphatic heterocycles. The van der Waals surface area contributed by atoms with Crippen molar-refractivity contribution in [2.45, 2.75) is 6.92 Å². The molecule has 2 amide bonds. The van der Waals surface area contributed by atoms with Crippen molar-refractivity contribution in [2.24, 2.45) is 0 Å². The SMILES string of the molecule is C=C1NC(=O)c2cc(C=O)ccc21.CCS.CNC(=O)c1ccc(C(=O)Oc2ccc(-c3ccc(OC)cc3)cc2)cc1C=O. The summed E-state index contributed by atoms with van der Waals surface area (Å²) < 4.78 is 10.5. The van der Waals surface area contributed by atoms with Crippen LogP contribution in [0.2, 0.25) is 0 Å². The minimum atomic E-state index is -0.617. The van der Waals surface area contributed by atoms with E-state index in [-0.39, 0.29) is 22.6 Å². The van der Waals surface area contributed by atoms with Gasteiger partial charge in [0.25, 0.3) is 11.8 Å². The number of carbonyl (C=O) groups excluding carboxylic acids is 5. The van der Waals surface area contributed by atoms with E-state index in [9.17, 15) is 24.0 Å². The molecular weight excluding hydrogens is 592 g/mol. The number of nitrogens with one attached hydrogen (secondary N) is 2. The predicted octanol–water partition coefficient (Wildman–Crippen LogP) is 5.90. The first-order valence-corrected chi connectivity index (χ1v) is 14.3. The van der Waals surface area contributed by atoms with E-state index in [4.69, 9.17) is 9.47 Å².